The second-order valence-electron chi connectivity index (χ2n) is 6.89. The Hall–Kier alpha value is -1.35. The molecule has 0 N–H and O–H groups in total. The van der Waals surface area contributed by atoms with E-state index in [0.29, 0.717) is 11.8 Å². The van der Waals surface area contributed by atoms with Crippen LogP contribution in [-0.4, -0.2) is 36.6 Å². The van der Waals surface area contributed by atoms with E-state index in [1.165, 1.54) is 25.7 Å². The maximum absolute atomic E-state index is 11.2. The molecule has 2 heterocycles. The average Bonchev–Trinajstić information content (AvgIpc) is 3.07. The fourth-order valence-corrected chi connectivity index (χ4v) is 4.45. The fraction of sp³-hybridized carbons (Fsp3) is 0.611. The molecule has 0 unspecified atom stereocenters. The van der Waals surface area contributed by atoms with E-state index < -0.39 is 0 Å². The summed E-state index contributed by atoms with van der Waals surface area (Å²) >= 11 is 0. The third kappa shape index (κ3) is 2.38. The lowest BCUT2D eigenvalue weighted by molar-refractivity contribution is -0.142. The van der Waals surface area contributed by atoms with Gasteiger partial charge in [0.25, 0.3) is 0 Å². The number of aryl methyl sites for hydroxylation is 1. The largest absolute Gasteiger partial charge is 0.461 e. The van der Waals surface area contributed by atoms with Crippen LogP contribution in [0.5, 0.6) is 0 Å². The first-order chi connectivity index (χ1) is 10.3. The van der Waals surface area contributed by atoms with Gasteiger partial charge in [0, 0.05) is 13.0 Å². The van der Waals surface area contributed by atoms with Crippen molar-refractivity contribution in [2.24, 2.45) is 0 Å². The first-order valence-electron chi connectivity index (χ1n) is 8.25. The van der Waals surface area contributed by atoms with Crippen LogP contribution in [0, 0.1) is 0 Å². The Morgan fingerprint density at radius 3 is 2.71 bits per heavy atom. The summed E-state index contributed by atoms with van der Waals surface area (Å²) in [6.07, 6.45) is 6.73. The van der Waals surface area contributed by atoms with Crippen LogP contribution >= 0.6 is 0 Å². The normalized spacial score (nSPS) is 27.8. The number of ether oxygens (including phenoxy) is 1. The van der Waals surface area contributed by atoms with Crippen molar-refractivity contribution in [3.8, 4) is 0 Å². The zero-order chi connectivity index (χ0) is 14.3. The number of piperidine rings is 1. The van der Waals surface area contributed by atoms with Crippen LogP contribution in [0.25, 0.3) is 0 Å². The van der Waals surface area contributed by atoms with E-state index in [2.05, 4.69) is 29.2 Å². The Balaban J connectivity index is 1.40. The van der Waals surface area contributed by atoms with Gasteiger partial charge in [-0.15, -0.1) is 0 Å². The van der Waals surface area contributed by atoms with Crippen LogP contribution in [0.3, 0.4) is 0 Å². The highest BCUT2D eigenvalue weighted by atomic mass is 16.5. The van der Waals surface area contributed by atoms with Crippen LogP contribution in [0.4, 0.5) is 0 Å². The summed E-state index contributed by atoms with van der Waals surface area (Å²) < 4.78 is 5.36. The second-order valence-corrected chi connectivity index (χ2v) is 6.89. The lowest BCUT2D eigenvalue weighted by atomic mass is 9.74. The van der Waals surface area contributed by atoms with Gasteiger partial charge < -0.3 is 4.74 Å². The monoisotopic (exact) mass is 285 g/mol. The Kier molecular flexibility index (Phi) is 3.26. The van der Waals surface area contributed by atoms with Crippen molar-refractivity contribution in [3.05, 3.63) is 35.4 Å². The van der Waals surface area contributed by atoms with E-state index in [9.17, 15) is 4.79 Å². The highest BCUT2D eigenvalue weighted by Crippen LogP contribution is 2.46. The average molecular weight is 285 g/mol. The second kappa shape index (κ2) is 5.13. The fourth-order valence-electron chi connectivity index (χ4n) is 4.45. The Morgan fingerprint density at radius 2 is 1.95 bits per heavy atom. The first-order valence-corrected chi connectivity index (χ1v) is 8.25. The number of fused-ring (bicyclic) bond motifs is 2. The van der Waals surface area contributed by atoms with Crippen molar-refractivity contribution >= 4 is 5.97 Å². The van der Waals surface area contributed by atoms with E-state index >= 15 is 0 Å². The summed E-state index contributed by atoms with van der Waals surface area (Å²) in [5.74, 6) is -0.0156. The minimum atomic E-state index is -0.0156. The van der Waals surface area contributed by atoms with E-state index in [1.807, 2.05) is 0 Å². The lowest BCUT2D eigenvalue weighted by Crippen LogP contribution is -2.44. The van der Waals surface area contributed by atoms with Gasteiger partial charge in [-0.25, -0.2) is 0 Å². The smallest absolute Gasteiger partial charge is 0.306 e. The van der Waals surface area contributed by atoms with E-state index in [4.69, 9.17) is 4.74 Å². The molecule has 0 radical (unpaired) electrons. The quantitative estimate of drug-likeness (QED) is 0.782. The number of rotatable bonds is 2. The van der Waals surface area contributed by atoms with Crippen molar-refractivity contribution in [1.82, 2.24) is 4.90 Å². The van der Waals surface area contributed by atoms with Gasteiger partial charge in [0.15, 0.2) is 0 Å². The van der Waals surface area contributed by atoms with Crippen molar-refractivity contribution in [3.63, 3.8) is 0 Å². The molecule has 1 atom stereocenters. The van der Waals surface area contributed by atoms with Gasteiger partial charge in [0.1, 0.15) is 6.10 Å². The summed E-state index contributed by atoms with van der Waals surface area (Å²) in [6, 6.07) is 9.00. The summed E-state index contributed by atoms with van der Waals surface area (Å²) in [5, 5.41) is 0. The van der Waals surface area contributed by atoms with Crippen LogP contribution in [0.2, 0.25) is 0 Å². The molecule has 0 saturated carbocycles. The SMILES string of the molecule is O=C1CC[C@H](CN2CCC3(CCc4ccccc43)CC2)O1. The third-order valence-electron chi connectivity index (χ3n) is 5.71. The Bertz CT molecular complexity index is 546. The summed E-state index contributed by atoms with van der Waals surface area (Å²) in [4.78, 5) is 13.7. The van der Waals surface area contributed by atoms with E-state index in [1.54, 1.807) is 11.1 Å². The molecule has 0 aromatic heterocycles. The molecule has 3 heteroatoms. The van der Waals surface area contributed by atoms with Gasteiger partial charge in [-0.2, -0.15) is 0 Å². The molecule has 1 aromatic carbocycles. The number of cyclic esters (lactones) is 1. The maximum Gasteiger partial charge on any atom is 0.306 e. The van der Waals surface area contributed by atoms with Gasteiger partial charge in [-0.3, -0.25) is 9.69 Å². The number of carbonyl (C=O) groups is 1. The Morgan fingerprint density at radius 1 is 1.14 bits per heavy atom. The van der Waals surface area contributed by atoms with E-state index in [-0.39, 0.29) is 12.1 Å². The van der Waals surface area contributed by atoms with Gasteiger partial charge >= 0.3 is 5.97 Å². The number of hydrogen-bond donors (Lipinski definition) is 0. The third-order valence-corrected chi connectivity index (χ3v) is 5.71. The van der Waals surface area contributed by atoms with Gasteiger partial charge in [-0.05, 0) is 61.7 Å². The van der Waals surface area contributed by atoms with Crippen molar-refractivity contribution in [2.75, 3.05) is 19.6 Å². The van der Waals surface area contributed by atoms with Crippen LogP contribution in [0.1, 0.15) is 43.2 Å². The van der Waals surface area contributed by atoms with Crippen LogP contribution < -0.4 is 0 Å². The van der Waals surface area contributed by atoms with Crippen molar-refractivity contribution < 1.29 is 9.53 Å². The highest BCUT2D eigenvalue weighted by Gasteiger charge is 2.41. The number of likely N-dealkylation sites (tertiary alicyclic amines) is 1. The molecule has 112 valence electrons. The number of carbonyl (C=O) groups excluding carboxylic acids is 1. The standard InChI is InChI=1S/C18H23NO2/c20-17-6-5-15(21-17)13-19-11-9-18(10-12-19)8-7-14-3-1-2-4-16(14)18/h1-4,15H,5-13H2/t15-/m1/s1. The number of benzene rings is 1. The summed E-state index contributed by atoms with van der Waals surface area (Å²) in [5.41, 5.74) is 3.60. The molecule has 3 nitrogen and oxygen atoms in total. The molecule has 0 bridgehead atoms. The first kappa shape index (κ1) is 13.3. The minimum Gasteiger partial charge on any atom is -0.461 e. The summed E-state index contributed by atoms with van der Waals surface area (Å²) in [7, 11) is 0. The van der Waals surface area contributed by atoms with Crippen LogP contribution in [0.15, 0.2) is 24.3 Å². The molecule has 2 aliphatic heterocycles. The molecule has 0 amide bonds. The number of esters is 1. The summed E-state index contributed by atoms with van der Waals surface area (Å²) in [6.45, 7) is 3.22. The molecule has 2 saturated heterocycles. The molecule has 1 aromatic rings. The molecule has 1 spiro atoms. The van der Waals surface area contributed by atoms with Crippen LogP contribution in [-0.2, 0) is 21.4 Å². The lowest BCUT2D eigenvalue weighted by Gasteiger charge is -2.40. The van der Waals surface area contributed by atoms with Gasteiger partial charge in [0.2, 0.25) is 0 Å². The zero-order valence-electron chi connectivity index (χ0n) is 12.5. The number of nitrogens with zero attached hydrogens (tertiary/aromatic N) is 1. The number of hydrogen-bond acceptors (Lipinski definition) is 3. The van der Waals surface area contributed by atoms with E-state index in [0.717, 1.165) is 26.1 Å². The molecule has 2 fully saturated rings. The maximum atomic E-state index is 11.2. The molecule has 1 aliphatic carbocycles. The molecular formula is C18H23NO2. The molecule has 4 rings (SSSR count). The van der Waals surface area contributed by atoms with Crippen molar-refractivity contribution in [1.29, 1.82) is 0 Å². The topological polar surface area (TPSA) is 29.5 Å². The highest BCUT2D eigenvalue weighted by molar-refractivity contribution is 5.71. The zero-order valence-corrected chi connectivity index (χ0v) is 12.5. The van der Waals surface area contributed by atoms with Gasteiger partial charge in [-0.1, -0.05) is 24.3 Å². The molecular weight excluding hydrogens is 262 g/mol. The predicted molar refractivity (Wildman–Crippen MR) is 81.2 cm³/mol. The molecule has 3 aliphatic rings. The predicted octanol–water partition coefficient (Wildman–Crippen LogP) is 2.67. The van der Waals surface area contributed by atoms with Crippen molar-refractivity contribution in [2.45, 2.75) is 50.0 Å². The molecule has 21 heavy (non-hydrogen) atoms. The Labute approximate surface area is 126 Å². The van der Waals surface area contributed by atoms with Gasteiger partial charge in [0.05, 0.1) is 0 Å². The minimum absolute atomic E-state index is 0.0156.